The van der Waals surface area contributed by atoms with Crippen molar-refractivity contribution in [2.75, 3.05) is 0 Å². The molecule has 4 saturated carbocycles. The number of carbonyl (C=O) groups excluding carboxylic acids is 1. The molecule has 0 radical (unpaired) electrons. The fraction of sp³-hybridized carbons (Fsp3) is 0.839. The summed E-state index contributed by atoms with van der Waals surface area (Å²) >= 11 is 0. The van der Waals surface area contributed by atoms with Crippen LogP contribution in [0.3, 0.4) is 0 Å². The smallest absolute Gasteiger partial charge is 0.306 e. The number of carboxylic acid groups (broad SMARTS) is 1. The van der Waals surface area contributed by atoms with Crippen LogP contribution >= 0.6 is 0 Å². The summed E-state index contributed by atoms with van der Waals surface area (Å²) in [6, 6.07) is 2.38. The maximum absolute atomic E-state index is 13.2. The average molecular weight is 480 g/mol. The molecule has 192 valence electrons. The maximum Gasteiger partial charge on any atom is 0.306 e. The number of nitriles is 1. The number of carbonyl (C=O) groups is 2. The van der Waals surface area contributed by atoms with E-state index in [1.165, 1.54) is 0 Å². The molecule has 4 nitrogen and oxygen atoms in total. The van der Waals surface area contributed by atoms with E-state index in [0.717, 1.165) is 44.9 Å². The third-order valence-electron chi connectivity index (χ3n) is 12.7. The van der Waals surface area contributed by atoms with Gasteiger partial charge in [-0.1, -0.05) is 60.1 Å². The number of allylic oxidation sites excluding steroid dienone is 2. The van der Waals surface area contributed by atoms with Gasteiger partial charge in [-0.05, 0) is 96.7 Å². The van der Waals surface area contributed by atoms with Crippen LogP contribution in [-0.2, 0) is 9.59 Å². The van der Waals surface area contributed by atoms with Crippen molar-refractivity contribution < 1.29 is 14.7 Å². The quantitative estimate of drug-likeness (QED) is 0.409. The second-order valence-electron chi connectivity index (χ2n) is 15.1. The molecule has 0 aromatic rings. The molecule has 0 amide bonds. The molecule has 0 bridgehead atoms. The van der Waals surface area contributed by atoms with E-state index in [4.69, 9.17) is 0 Å². The Bertz CT molecular complexity index is 1030. The van der Waals surface area contributed by atoms with Crippen LogP contribution in [0.25, 0.3) is 0 Å². The Labute approximate surface area is 211 Å². The zero-order chi connectivity index (χ0) is 25.8. The van der Waals surface area contributed by atoms with Crippen molar-refractivity contribution in [3.8, 4) is 6.07 Å². The molecule has 9 atom stereocenters. The van der Waals surface area contributed by atoms with Crippen LogP contribution in [-0.4, -0.2) is 16.9 Å². The maximum atomic E-state index is 13.2. The molecule has 0 saturated heterocycles. The van der Waals surface area contributed by atoms with Crippen LogP contribution in [0.1, 0.15) is 99.8 Å². The lowest BCUT2D eigenvalue weighted by atomic mass is 9.34. The molecule has 0 heterocycles. The first kappa shape index (κ1) is 25.0. The van der Waals surface area contributed by atoms with E-state index in [9.17, 15) is 20.0 Å². The second-order valence-corrected chi connectivity index (χ2v) is 15.1. The number of ketones is 1. The molecule has 8 unspecified atom stereocenters. The van der Waals surface area contributed by atoms with Gasteiger partial charge in [-0.2, -0.15) is 5.26 Å². The van der Waals surface area contributed by atoms with E-state index >= 15 is 0 Å². The van der Waals surface area contributed by atoms with Crippen molar-refractivity contribution in [3.05, 3.63) is 11.6 Å². The molecule has 5 aliphatic carbocycles. The molecule has 0 aromatic heterocycles. The monoisotopic (exact) mass is 479 g/mol. The molecule has 5 aliphatic rings. The standard InChI is InChI=1S/C31H45NO3/c1-27(2)15-20-19(21(16-27)26(34)35)10-12-30(6)22(20)8-9-24-29(5)14-18(17-32)25(33)28(3,4)23(29)11-13-31(24,30)7/h8,18-21,23-24H,9-16H2,1-7H3,(H,34,35)/t18?,19?,20?,21-,23?,24?,29?,30?,31?/m1/s1. The predicted octanol–water partition coefficient (Wildman–Crippen LogP) is 7.05. The Morgan fingerprint density at radius 1 is 1.00 bits per heavy atom. The van der Waals surface area contributed by atoms with Gasteiger partial charge in [0.05, 0.1) is 12.0 Å². The van der Waals surface area contributed by atoms with Gasteiger partial charge in [0.25, 0.3) is 0 Å². The van der Waals surface area contributed by atoms with Crippen molar-refractivity contribution in [1.29, 1.82) is 5.26 Å². The molecule has 0 aromatic carbocycles. The lowest BCUT2D eigenvalue weighted by Crippen LogP contribution is -2.64. The van der Waals surface area contributed by atoms with Gasteiger partial charge in [0.15, 0.2) is 5.78 Å². The van der Waals surface area contributed by atoms with Crippen LogP contribution < -0.4 is 0 Å². The van der Waals surface area contributed by atoms with Crippen molar-refractivity contribution >= 4 is 11.8 Å². The Morgan fingerprint density at radius 2 is 1.69 bits per heavy atom. The Kier molecular flexibility index (Phi) is 5.33. The molecule has 0 aliphatic heterocycles. The fourth-order valence-electron chi connectivity index (χ4n) is 11.0. The van der Waals surface area contributed by atoms with Gasteiger partial charge < -0.3 is 5.11 Å². The van der Waals surface area contributed by atoms with E-state index in [0.29, 0.717) is 24.2 Å². The van der Waals surface area contributed by atoms with E-state index in [1.54, 1.807) is 5.57 Å². The number of carboxylic acids is 1. The van der Waals surface area contributed by atoms with E-state index in [2.05, 4.69) is 60.6 Å². The van der Waals surface area contributed by atoms with Crippen molar-refractivity contribution in [3.63, 3.8) is 0 Å². The lowest BCUT2D eigenvalue weighted by Gasteiger charge is -2.70. The minimum absolute atomic E-state index is 0.0396. The van der Waals surface area contributed by atoms with Crippen LogP contribution in [0.2, 0.25) is 0 Å². The van der Waals surface area contributed by atoms with Crippen LogP contribution in [0, 0.1) is 73.9 Å². The number of hydrogen-bond donors (Lipinski definition) is 1. The SMILES string of the molecule is CC1(C)CC2C3=CCC4C5(C)CC(C#N)C(=O)C(C)(C)C5CCC4(C)C3(C)CCC2[C@H](C(=O)O)C1. The third-order valence-corrected chi connectivity index (χ3v) is 12.7. The van der Waals surface area contributed by atoms with Gasteiger partial charge in [-0.25, -0.2) is 0 Å². The summed E-state index contributed by atoms with van der Waals surface area (Å²) in [6.45, 7) is 16.1. The zero-order valence-corrected chi connectivity index (χ0v) is 22.9. The van der Waals surface area contributed by atoms with Crippen LogP contribution in [0.15, 0.2) is 11.6 Å². The second kappa shape index (κ2) is 7.45. The van der Waals surface area contributed by atoms with Gasteiger partial charge in [0, 0.05) is 5.41 Å². The number of rotatable bonds is 1. The first-order valence-electron chi connectivity index (χ1n) is 14.0. The number of aliphatic carboxylic acids is 1. The normalized spacial score (nSPS) is 49.9. The highest BCUT2D eigenvalue weighted by atomic mass is 16.4. The summed E-state index contributed by atoms with van der Waals surface area (Å²) in [5.74, 6) is 0.154. The highest BCUT2D eigenvalue weighted by molar-refractivity contribution is 5.89. The van der Waals surface area contributed by atoms with Gasteiger partial charge in [-0.15, -0.1) is 0 Å². The van der Waals surface area contributed by atoms with Crippen molar-refractivity contribution in [1.82, 2.24) is 0 Å². The predicted molar refractivity (Wildman–Crippen MR) is 136 cm³/mol. The van der Waals surface area contributed by atoms with Gasteiger partial charge in [0.2, 0.25) is 0 Å². The molecule has 4 fully saturated rings. The van der Waals surface area contributed by atoms with Gasteiger partial charge in [-0.3, -0.25) is 9.59 Å². The van der Waals surface area contributed by atoms with Gasteiger partial charge >= 0.3 is 5.97 Å². The fourth-order valence-corrected chi connectivity index (χ4v) is 11.0. The topological polar surface area (TPSA) is 78.2 Å². The largest absolute Gasteiger partial charge is 0.481 e. The summed E-state index contributed by atoms with van der Waals surface area (Å²) in [6.07, 6.45) is 10.3. The molecule has 4 heteroatoms. The van der Waals surface area contributed by atoms with Crippen LogP contribution in [0.5, 0.6) is 0 Å². The summed E-state index contributed by atoms with van der Waals surface area (Å²) in [7, 11) is 0. The third kappa shape index (κ3) is 3.15. The minimum Gasteiger partial charge on any atom is -0.481 e. The van der Waals surface area contributed by atoms with E-state index in [-0.39, 0.29) is 39.3 Å². The summed E-state index contributed by atoms with van der Waals surface area (Å²) < 4.78 is 0. The molecular weight excluding hydrogens is 434 g/mol. The number of fused-ring (bicyclic) bond motifs is 7. The molecule has 35 heavy (non-hydrogen) atoms. The summed E-state index contributed by atoms with van der Waals surface area (Å²) in [5, 5.41) is 20.0. The van der Waals surface area contributed by atoms with Crippen LogP contribution in [0.4, 0.5) is 0 Å². The van der Waals surface area contributed by atoms with Crippen molar-refractivity contribution in [2.45, 2.75) is 99.8 Å². The molecule has 1 N–H and O–H groups in total. The Hall–Kier alpha value is -1.63. The summed E-state index contributed by atoms with van der Waals surface area (Å²) in [4.78, 5) is 25.5. The van der Waals surface area contributed by atoms with Gasteiger partial charge in [0.1, 0.15) is 5.92 Å². The lowest BCUT2D eigenvalue weighted by molar-refractivity contribution is -0.187. The first-order valence-corrected chi connectivity index (χ1v) is 14.0. The number of Topliss-reactive ketones (excluding diaryl/α,β-unsaturated/α-hetero) is 1. The summed E-state index contributed by atoms with van der Waals surface area (Å²) in [5.41, 5.74) is 1.25. The molecule has 5 rings (SSSR count). The number of hydrogen-bond acceptors (Lipinski definition) is 3. The highest BCUT2D eigenvalue weighted by Crippen LogP contribution is 2.74. The van der Waals surface area contributed by atoms with E-state index in [1.807, 2.05) is 0 Å². The van der Waals surface area contributed by atoms with Crippen molar-refractivity contribution in [2.24, 2.45) is 62.6 Å². The minimum atomic E-state index is -0.610. The highest BCUT2D eigenvalue weighted by Gasteiger charge is 2.68. The zero-order valence-electron chi connectivity index (χ0n) is 22.9. The molecular formula is C31H45NO3. The Morgan fingerprint density at radius 3 is 2.31 bits per heavy atom. The average Bonchev–Trinajstić information content (AvgIpc) is 2.75. The Balaban J connectivity index is 1.58. The number of nitrogens with zero attached hydrogens (tertiary/aromatic N) is 1. The first-order chi connectivity index (χ1) is 16.1. The van der Waals surface area contributed by atoms with E-state index < -0.39 is 17.3 Å². The molecule has 0 spiro atoms.